The minimum atomic E-state index is 0.340. The maximum Gasteiger partial charge on any atom is 0.118 e. The molecular weight excluding hydrogens is 262 g/mol. The Labute approximate surface area is 128 Å². The van der Waals surface area contributed by atoms with Crippen molar-refractivity contribution in [3.05, 3.63) is 41.7 Å². The van der Waals surface area contributed by atoms with Gasteiger partial charge in [-0.3, -0.25) is 0 Å². The van der Waals surface area contributed by atoms with E-state index in [-0.39, 0.29) is 0 Å². The normalized spacial score (nSPS) is 16.0. The molecule has 0 saturated heterocycles. The fraction of sp³-hybridized carbons (Fsp3) is 0.556. The monoisotopic (exact) mass is 289 g/mol. The van der Waals surface area contributed by atoms with Crippen LogP contribution in [0.3, 0.4) is 0 Å². The molecule has 1 aliphatic rings. The quantitative estimate of drug-likeness (QED) is 0.791. The van der Waals surface area contributed by atoms with Gasteiger partial charge in [0.15, 0.2) is 0 Å². The summed E-state index contributed by atoms with van der Waals surface area (Å²) < 4.78 is 11.0. The minimum absolute atomic E-state index is 0.340. The first-order chi connectivity index (χ1) is 10.3. The summed E-state index contributed by atoms with van der Waals surface area (Å²) in [4.78, 5) is 0. The van der Waals surface area contributed by atoms with Crippen LogP contribution in [-0.4, -0.2) is 26.3 Å². The van der Waals surface area contributed by atoms with Gasteiger partial charge in [-0.15, -0.1) is 0 Å². The topological polar surface area (TPSA) is 30.5 Å². The third kappa shape index (κ3) is 5.09. The Hall–Kier alpha value is -1.48. The number of allylic oxidation sites excluding steroid dienone is 1. The molecule has 116 valence electrons. The second kappa shape index (κ2) is 8.73. The molecule has 21 heavy (non-hydrogen) atoms. The van der Waals surface area contributed by atoms with E-state index in [9.17, 15) is 0 Å². The van der Waals surface area contributed by atoms with Crippen molar-refractivity contribution in [2.45, 2.75) is 45.1 Å². The van der Waals surface area contributed by atoms with Crippen molar-refractivity contribution in [3.8, 4) is 5.75 Å². The Morgan fingerprint density at radius 2 is 2.10 bits per heavy atom. The lowest BCUT2D eigenvalue weighted by Crippen LogP contribution is -2.34. The fourth-order valence-corrected chi connectivity index (χ4v) is 2.59. The van der Waals surface area contributed by atoms with Gasteiger partial charge in [0, 0.05) is 0 Å². The Kier molecular flexibility index (Phi) is 6.61. The molecule has 0 bridgehead atoms. The van der Waals surface area contributed by atoms with E-state index in [0.717, 1.165) is 56.8 Å². The van der Waals surface area contributed by atoms with E-state index in [1.165, 1.54) is 5.56 Å². The van der Waals surface area contributed by atoms with Crippen LogP contribution in [0.2, 0.25) is 0 Å². The van der Waals surface area contributed by atoms with Crippen molar-refractivity contribution in [1.29, 1.82) is 0 Å². The average molecular weight is 289 g/mol. The van der Waals surface area contributed by atoms with Crippen LogP contribution in [0, 0.1) is 0 Å². The van der Waals surface area contributed by atoms with Crippen LogP contribution in [0.5, 0.6) is 5.75 Å². The zero-order chi connectivity index (χ0) is 14.9. The van der Waals surface area contributed by atoms with Crippen LogP contribution >= 0.6 is 0 Å². The first-order valence-corrected chi connectivity index (χ1v) is 8.02. The number of methoxy groups -OCH3 is 1. The highest BCUT2D eigenvalue weighted by Gasteiger charge is 2.17. The van der Waals surface area contributed by atoms with E-state index in [2.05, 4.69) is 30.4 Å². The van der Waals surface area contributed by atoms with Crippen LogP contribution in [-0.2, 0) is 11.2 Å². The smallest absolute Gasteiger partial charge is 0.118 e. The molecule has 1 atom stereocenters. The van der Waals surface area contributed by atoms with E-state index in [1.807, 2.05) is 12.1 Å². The lowest BCUT2D eigenvalue weighted by molar-refractivity contribution is 0.165. The highest BCUT2D eigenvalue weighted by atomic mass is 16.5. The number of nitrogens with one attached hydrogen (secondary N) is 1. The third-order valence-corrected chi connectivity index (χ3v) is 3.83. The summed E-state index contributed by atoms with van der Waals surface area (Å²) in [6, 6.07) is 8.69. The molecule has 1 N–H and O–H groups in total. The first kappa shape index (κ1) is 15.9. The average Bonchev–Trinajstić information content (AvgIpc) is 2.56. The van der Waals surface area contributed by atoms with Crippen molar-refractivity contribution in [1.82, 2.24) is 5.32 Å². The molecule has 0 radical (unpaired) electrons. The molecule has 3 nitrogen and oxygen atoms in total. The van der Waals surface area contributed by atoms with Crippen molar-refractivity contribution in [2.24, 2.45) is 0 Å². The van der Waals surface area contributed by atoms with E-state index >= 15 is 0 Å². The Morgan fingerprint density at radius 1 is 1.29 bits per heavy atom. The van der Waals surface area contributed by atoms with Gasteiger partial charge in [0.2, 0.25) is 0 Å². The predicted molar refractivity (Wildman–Crippen MR) is 86.7 cm³/mol. The number of benzene rings is 1. The predicted octanol–water partition coefficient (Wildman–Crippen LogP) is 3.69. The van der Waals surface area contributed by atoms with Crippen molar-refractivity contribution >= 4 is 0 Å². The first-order valence-electron chi connectivity index (χ1n) is 8.02. The molecule has 1 aromatic rings. The van der Waals surface area contributed by atoms with Crippen LogP contribution < -0.4 is 10.1 Å². The Morgan fingerprint density at radius 3 is 2.71 bits per heavy atom. The van der Waals surface area contributed by atoms with Crippen LogP contribution in [0.1, 0.15) is 38.2 Å². The molecule has 0 aliphatic carbocycles. The molecule has 2 rings (SSSR count). The number of hydrogen-bond donors (Lipinski definition) is 1. The highest BCUT2D eigenvalue weighted by Crippen LogP contribution is 2.19. The van der Waals surface area contributed by atoms with Gasteiger partial charge in [0.25, 0.3) is 0 Å². The second-order valence-corrected chi connectivity index (χ2v) is 5.49. The largest absolute Gasteiger partial charge is 0.497 e. The molecule has 1 aromatic carbocycles. The summed E-state index contributed by atoms with van der Waals surface area (Å²) in [5.41, 5.74) is 1.34. The highest BCUT2D eigenvalue weighted by molar-refractivity contribution is 5.27. The summed E-state index contributed by atoms with van der Waals surface area (Å²) in [6.07, 6.45) is 7.80. The van der Waals surface area contributed by atoms with Gasteiger partial charge in [-0.05, 0) is 62.4 Å². The lowest BCUT2D eigenvalue weighted by atomic mass is 10.0. The zero-order valence-electron chi connectivity index (χ0n) is 13.2. The summed E-state index contributed by atoms with van der Waals surface area (Å²) >= 11 is 0. The third-order valence-electron chi connectivity index (χ3n) is 3.83. The van der Waals surface area contributed by atoms with Crippen molar-refractivity contribution in [3.63, 3.8) is 0 Å². The summed E-state index contributed by atoms with van der Waals surface area (Å²) in [5, 5.41) is 3.61. The molecule has 0 saturated carbocycles. The van der Waals surface area contributed by atoms with Gasteiger partial charge in [-0.25, -0.2) is 0 Å². The molecule has 0 amide bonds. The molecule has 3 heteroatoms. The molecular formula is C18H27NO2. The SMILES string of the molecule is CCCNC(CCc1ccc(OC)cc1)C1=CCCCO1. The maximum atomic E-state index is 5.84. The summed E-state index contributed by atoms with van der Waals surface area (Å²) in [5.74, 6) is 2.06. The summed E-state index contributed by atoms with van der Waals surface area (Å²) in [6.45, 7) is 4.09. The lowest BCUT2D eigenvalue weighted by Gasteiger charge is -2.25. The minimum Gasteiger partial charge on any atom is -0.497 e. The standard InChI is InChI=1S/C18H27NO2/c1-3-13-19-17(18-6-4-5-14-21-18)12-9-15-7-10-16(20-2)11-8-15/h6-8,10-11,17,19H,3-5,9,12-14H2,1-2H3. The van der Waals surface area contributed by atoms with E-state index < -0.39 is 0 Å². The number of ether oxygens (including phenoxy) is 2. The van der Waals surface area contributed by atoms with Crippen LogP contribution in [0.25, 0.3) is 0 Å². The molecule has 1 aliphatic heterocycles. The molecule has 1 unspecified atom stereocenters. The number of rotatable bonds is 8. The molecule has 1 heterocycles. The van der Waals surface area contributed by atoms with Gasteiger partial charge < -0.3 is 14.8 Å². The van der Waals surface area contributed by atoms with Gasteiger partial charge in [0.1, 0.15) is 11.5 Å². The van der Waals surface area contributed by atoms with Crippen molar-refractivity contribution < 1.29 is 9.47 Å². The number of hydrogen-bond acceptors (Lipinski definition) is 3. The van der Waals surface area contributed by atoms with Gasteiger partial charge in [-0.1, -0.05) is 19.1 Å². The Balaban J connectivity index is 1.92. The van der Waals surface area contributed by atoms with Gasteiger partial charge >= 0.3 is 0 Å². The van der Waals surface area contributed by atoms with E-state index in [1.54, 1.807) is 7.11 Å². The fourth-order valence-electron chi connectivity index (χ4n) is 2.59. The van der Waals surface area contributed by atoms with E-state index in [0.29, 0.717) is 6.04 Å². The number of aryl methyl sites for hydroxylation is 1. The van der Waals surface area contributed by atoms with Gasteiger partial charge in [-0.2, -0.15) is 0 Å². The maximum absolute atomic E-state index is 5.84. The van der Waals surface area contributed by atoms with Crippen LogP contribution in [0.4, 0.5) is 0 Å². The summed E-state index contributed by atoms with van der Waals surface area (Å²) in [7, 11) is 1.70. The zero-order valence-corrected chi connectivity index (χ0v) is 13.2. The molecule has 0 spiro atoms. The van der Waals surface area contributed by atoms with E-state index in [4.69, 9.17) is 9.47 Å². The van der Waals surface area contributed by atoms with Gasteiger partial charge in [0.05, 0.1) is 19.8 Å². The van der Waals surface area contributed by atoms with Crippen molar-refractivity contribution in [2.75, 3.05) is 20.3 Å². The Bertz CT molecular complexity index is 439. The van der Waals surface area contributed by atoms with Crippen LogP contribution in [0.15, 0.2) is 36.1 Å². The molecule has 0 fully saturated rings. The second-order valence-electron chi connectivity index (χ2n) is 5.49. The molecule has 0 aromatic heterocycles.